The highest BCUT2D eigenvalue weighted by Crippen LogP contribution is 2.33. The molecule has 2 fully saturated rings. The van der Waals surface area contributed by atoms with E-state index in [0.717, 1.165) is 34.1 Å². The normalized spacial score (nSPS) is 30.5. The monoisotopic (exact) mass is 695 g/mol. The maximum atomic E-state index is 12.3. The second-order valence-corrected chi connectivity index (χ2v) is 12.2. The van der Waals surface area contributed by atoms with E-state index in [1.54, 1.807) is 0 Å². The number of aliphatic hydroxyl groups is 2. The van der Waals surface area contributed by atoms with E-state index in [9.17, 15) is 39.0 Å². The van der Waals surface area contributed by atoms with Crippen LogP contribution in [0.25, 0.3) is 0 Å². The third kappa shape index (κ3) is 13.3. The molecule has 2 saturated heterocycles. The first kappa shape index (κ1) is 40.3. The summed E-state index contributed by atoms with van der Waals surface area (Å²) >= 11 is 1.22. The van der Waals surface area contributed by atoms with Crippen molar-refractivity contribution in [1.82, 2.24) is 5.32 Å². The minimum atomic E-state index is -1.69. The van der Waals surface area contributed by atoms with E-state index in [1.165, 1.54) is 25.6 Å². The summed E-state index contributed by atoms with van der Waals surface area (Å²) in [6, 6.07) is -1.22. The molecule has 0 bridgehead atoms. The molecular weight excluding hydrogens is 650 g/mol. The number of hydrogen-bond acceptors (Lipinski definition) is 17. The zero-order valence-corrected chi connectivity index (χ0v) is 28.1. The van der Waals surface area contributed by atoms with Gasteiger partial charge >= 0.3 is 23.9 Å². The zero-order chi connectivity index (χ0) is 35.3. The van der Waals surface area contributed by atoms with Crippen LogP contribution in [0.15, 0.2) is 0 Å². The minimum absolute atomic E-state index is 0.0197. The van der Waals surface area contributed by atoms with Gasteiger partial charge in [-0.15, -0.1) is 0 Å². The van der Waals surface area contributed by atoms with Gasteiger partial charge in [-0.05, 0) is 12.8 Å². The average Bonchev–Trinajstić information content (AvgIpc) is 2.96. The van der Waals surface area contributed by atoms with Gasteiger partial charge in [-0.1, -0.05) is 18.2 Å². The number of ether oxygens (including phenoxy) is 8. The molecule has 0 radical (unpaired) electrons. The van der Waals surface area contributed by atoms with E-state index in [2.05, 4.69) is 5.32 Å². The molecular formula is C29H45NO16S. The molecule has 2 rings (SSSR count). The van der Waals surface area contributed by atoms with Crippen molar-refractivity contribution in [3.63, 3.8) is 0 Å². The topological polar surface area (TPSA) is 229 Å². The molecule has 2 aliphatic heterocycles. The van der Waals surface area contributed by atoms with Crippen LogP contribution < -0.4 is 5.32 Å². The summed E-state index contributed by atoms with van der Waals surface area (Å²) in [6.45, 7) is 5.96. The molecule has 0 aromatic carbocycles. The molecule has 18 heteroatoms. The van der Waals surface area contributed by atoms with Gasteiger partial charge in [0.25, 0.3) is 0 Å². The molecule has 2 heterocycles. The third-order valence-corrected chi connectivity index (χ3v) is 7.74. The molecule has 1 amide bonds. The Labute approximate surface area is 276 Å². The van der Waals surface area contributed by atoms with Crippen molar-refractivity contribution in [2.24, 2.45) is 0 Å². The molecule has 2 aliphatic rings. The van der Waals surface area contributed by atoms with Crippen LogP contribution in [0.3, 0.4) is 0 Å². The number of thioether (sulfide) groups is 1. The van der Waals surface area contributed by atoms with Crippen molar-refractivity contribution in [3.05, 3.63) is 0 Å². The van der Waals surface area contributed by atoms with Gasteiger partial charge in [0.1, 0.15) is 37.1 Å². The Morgan fingerprint density at radius 1 is 0.723 bits per heavy atom. The Morgan fingerprint density at radius 2 is 1.32 bits per heavy atom. The SMILES string of the molecule is CC(=O)NC1[C@@H](OCCCCCSC(C)=O)OC(CO)[C@H](O)[C@@H]1O[C@@H]1OC(COC(C)=O)[C@H](OC(C)=O)C(OC(C)=O)[C@@H]1OC(C)=O. The summed E-state index contributed by atoms with van der Waals surface area (Å²) < 4.78 is 45.2. The van der Waals surface area contributed by atoms with Gasteiger partial charge in [0, 0.05) is 53.9 Å². The van der Waals surface area contributed by atoms with Crippen LogP contribution >= 0.6 is 11.8 Å². The molecule has 0 spiro atoms. The number of unbranched alkanes of at least 4 members (excludes halogenated alkanes) is 2. The number of nitrogens with one attached hydrogen (secondary N) is 1. The molecule has 0 aliphatic carbocycles. The molecule has 10 atom stereocenters. The molecule has 0 aromatic heterocycles. The van der Waals surface area contributed by atoms with Crippen molar-refractivity contribution in [1.29, 1.82) is 0 Å². The van der Waals surface area contributed by atoms with E-state index in [4.69, 9.17) is 37.9 Å². The lowest BCUT2D eigenvalue weighted by atomic mass is 9.95. The van der Waals surface area contributed by atoms with Crippen LogP contribution in [-0.2, 0) is 66.7 Å². The Bertz CT molecular complexity index is 1090. The van der Waals surface area contributed by atoms with Crippen LogP contribution in [0.5, 0.6) is 0 Å². The summed E-state index contributed by atoms with van der Waals surface area (Å²) in [5.41, 5.74) is 0. The van der Waals surface area contributed by atoms with Gasteiger partial charge in [-0.25, -0.2) is 0 Å². The maximum absolute atomic E-state index is 12.3. The standard InChI is InChI=1S/C29H45NO16S/c1-14(32)30-22-25(23(38)20(12-31)44-28(22)39-10-8-7-9-11-47-19(6)37)46-29-27(43-18(5)36)26(42-17(4)35)24(41-16(3)34)21(45-29)13-40-15(2)33/h20-29,31,38H,7-13H2,1-6H3,(H,30,32)/t20?,21?,22?,23-,24-,25+,26?,27-,28-,29-/m0/s1. The summed E-state index contributed by atoms with van der Waals surface area (Å²) in [4.78, 5) is 71.5. The lowest BCUT2D eigenvalue weighted by Gasteiger charge is -2.48. The van der Waals surface area contributed by atoms with Crippen molar-refractivity contribution in [2.45, 2.75) is 122 Å². The highest BCUT2D eigenvalue weighted by atomic mass is 32.2. The summed E-state index contributed by atoms with van der Waals surface area (Å²) in [7, 11) is 0. The lowest BCUT2D eigenvalue weighted by Crippen LogP contribution is -2.69. The highest BCUT2D eigenvalue weighted by Gasteiger charge is 2.56. The van der Waals surface area contributed by atoms with E-state index < -0.39 is 104 Å². The first-order valence-electron chi connectivity index (χ1n) is 15.1. The van der Waals surface area contributed by atoms with Gasteiger partial charge in [0.2, 0.25) is 5.91 Å². The third-order valence-electron chi connectivity index (χ3n) is 6.84. The Hall–Kier alpha value is -2.87. The summed E-state index contributed by atoms with van der Waals surface area (Å²) in [6.07, 6.45) is -11.2. The van der Waals surface area contributed by atoms with Crippen LogP contribution in [-0.4, -0.2) is 132 Å². The Morgan fingerprint density at radius 3 is 1.87 bits per heavy atom. The van der Waals surface area contributed by atoms with Crippen LogP contribution in [0.4, 0.5) is 0 Å². The number of carbonyl (C=O) groups excluding carboxylic acids is 6. The number of rotatable bonds is 16. The van der Waals surface area contributed by atoms with E-state index >= 15 is 0 Å². The smallest absolute Gasteiger partial charge is 0.303 e. The Kier molecular flexibility index (Phi) is 17.0. The highest BCUT2D eigenvalue weighted by molar-refractivity contribution is 8.13. The van der Waals surface area contributed by atoms with Crippen LogP contribution in [0.2, 0.25) is 0 Å². The number of hydrogen-bond donors (Lipinski definition) is 3. The van der Waals surface area contributed by atoms with Crippen molar-refractivity contribution < 1.29 is 76.9 Å². The zero-order valence-electron chi connectivity index (χ0n) is 27.2. The molecule has 268 valence electrons. The molecule has 0 aromatic rings. The van der Waals surface area contributed by atoms with E-state index in [-0.39, 0.29) is 11.7 Å². The van der Waals surface area contributed by atoms with E-state index in [0.29, 0.717) is 18.6 Å². The number of esters is 4. The number of aliphatic hydroxyl groups excluding tert-OH is 2. The van der Waals surface area contributed by atoms with Gasteiger partial charge in [-0.2, -0.15) is 0 Å². The molecule has 17 nitrogen and oxygen atoms in total. The van der Waals surface area contributed by atoms with Crippen molar-refractivity contribution in [2.75, 3.05) is 25.6 Å². The Balaban J connectivity index is 2.44. The predicted octanol–water partition coefficient (Wildman–Crippen LogP) is -0.496. The quantitative estimate of drug-likeness (QED) is 0.105. The second-order valence-electron chi connectivity index (χ2n) is 10.9. The first-order valence-corrected chi connectivity index (χ1v) is 16.1. The first-order chi connectivity index (χ1) is 22.1. The summed E-state index contributed by atoms with van der Waals surface area (Å²) in [5, 5.41) is 23.9. The van der Waals surface area contributed by atoms with Crippen LogP contribution in [0.1, 0.15) is 60.8 Å². The lowest BCUT2D eigenvalue weighted by molar-refractivity contribution is -0.346. The van der Waals surface area contributed by atoms with Gasteiger partial charge < -0.3 is 53.4 Å². The van der Waals surface area contributed by atoms with Gasteiger partial charge in [0.15, 0.2) is 36.0 Å². The molecule has 4 unspecified atom stereocenters. The fourth-order valence-electron chi connectivity index (χ4n) is 5.01. The summed E-state index contributed by atoms with van der Waals surface area (Å²) in [5.74, 6) is -3.17. The second kappa shape index (κ2) is 19.8. The van der Waals surface area contributed by atoms with Gasteiger partial charge in [-0.3, -0.25) is 28.8 Å². The van der Waals surface area contributed by atoms with Crippen LogP contribution in [0, 0.1) is 0 Å². The molecule has 0 saturated carbocycles. The minimum Gasteiger partial charge on any atom is -0.463 e. The van der Waals surface area contributed by atoms with E-state index in [1.807, 2.05) is 0 Å². The fraction of sp³-hybridized carbons (Fsp3) is 0.793. The fourth-order valence-corrected chi connectivity index (χ4v) is 5.65. The molecule has 3 N–H and O–H groups in total. The van der Waals surface area contributed by atoms with Crippen molar-refractivity contribution >= 4 is 46.7 Å². The largest absolute Gasteiger partial charge is 0.463 e. The predicted molar refractivity (Wildman–Crippen MR) is 159 cm³/mol. The molecule has 47 heavy (non-hydrogen) atoms. The number of carbonyl (C=O) groups is 6. The van der Waals surface area contributed by atoms with Gasteiger partial charge in [0.05, 0.1) is 6.61 Å². The maximum Gasteiger partial charge on any atom is 0.303 e. The average molecular weight is 696 g/mol. The number of amides is 1. The van der Waals surface area contributed by atoms with Crippen molar-refractivity contribution in [3.8, 4) is 0 Å².